The summed E-state index contributed by atoms with van der Waals surface area (Å²) in [6, 6.07) is 7.99. The summed E-state index contributed by atoms with van der Waals surface area (Å²) >= 11 is 0. The first-order valence-electron chi connectivity index (χ1n) is 8.67. The fraction of sp³-hybridized carbons (Fsp3) is 0.421. The van der Waals surface area contributed by atoms with Crippen molar-refractivity contribution in [3.05, 3.63) is 63.3 Å². The number of likely N-dealkylation sites (tertiary alicyclic amines) is 1. The first kappa shape index (κ1) is 15.1. The lowest BCUT2D eigenvalue weighted by atomic mass is 9.94. The lowest BCUT2D eigenvalue weighted by Crippen LogP contribution is -2.39. The minimum atomic E-state index is -0.324. The van der Waals surface area contributed by atoms with E-state index in [0.717, 1.165) is 43.5 Å². The molecule has 5 heteroatoms. The molecule has 0 saturated carbocycles. The lowest BCUT2D eigenvalue weighted by molar-refractivity contribution is 0.0705. The maximum atomic E-state index is 12.9. The number of aryl methyl sites for hydroxylation is 2. The number of rotatable bonds is 2. The summed E-state index contributed by atoms with van der Waals surface area (Å²) in [5.41, 5.74) is 4.06. The Balaban J connectivity index is 1.53. The first-order valence-corrected chi connectivity index (χ1v) is 8.67. The van der Waals surface area contributed by atoms with Crippen LogP contribution in [-0.4, -0.2) is 33.9 Å². The number of carbonyl (C=O) groups is 1. The highest BCUT2D eigenvalue weighted by Gasteiger charge is 2.26. The molecule has 1 amide bonds. The van der Waals surface area contributed by atoms with Gasteiger partial charge >= 0.3 is 5.69 Å². The van der Waals surface area contributed by atoms with Gasteiger partial charge in [-0.3, -0.25) is 4.79 Å². The minimum Gasteiger partial charge on any atom is -0.338 e. The van der Waals surface area contributed by atoms with Crippen LogP contribution in [0.15, 0.2) is 35.3 Å². The fourth-order valence-corrected chi connectivity index (χ4v) is 3.92. The van der Waals surface area contributed by atoms with Crippen molar-refractivity contribution in [2.24, 2.45) is 0 Å². The molecule has 0 radical (unpaired) electrons. The summed E-state index contributed by atoms with van der Waals surface area (Å²) in [4.78, 5) is 32.7. The maximum absolute atomic E-state index is 12.9. The molecule has 1 aliphatic carbocycles. The second-order valence-corrected chi connectivity index (χ2v) is 6.76. The average molecular weight is 323 g/mol. The number of hydrogen-bond donors (Lipinski definition) is 1. The van der Waals surface area contributed by atoms with Crippen LogP contribution in [0.4, 0.5) is 0 Å². The maximum Gasteiger partial charge on any atom is 0.345 e. The molecular formula is C19H21N3O2. The summed E-state index contributed by atoms with van der Waals surface area (Å²) in [6.07, 6.45) is 6.87. The number of H-pyrrole nitrogens is 1. The standard InChI is InChI=1S/C19H21N3O2/c23-18(15-7-6-13-3-1-4-14(13)11-15)22-10-2-5-16(12-22)17-8-9-20-19(24)21-17/h6-9,11,16H,1-5,10,12H2,(H,20,21,24)/t16-/m1/s1. The monoisotopic (exact) mass is 323 g/mol. The van der Waals surface area contributed by atoms with Gasteiger partial charge in [0.2, 0.25) is 0 Å². The molecule has 24 heavy (non-hydrogen) atoms. The van der Waals surface area contributed by atoms with Crippen molar-refractivity contribution < 1.29 is 4.79 Å². The highest BCUT2D eigenvalue weighted by atomic mass is 16.2. The third-order valence-electron chi connectivity index (χ3n) is 5.19. The normalized spacial score (nSPS) is 20.0. The van der Waals surface area contributed by atoms with Crippen molar-refractivity contribution in [2.45, 2.75) is 38.0 Å². The Kier molecular flexibility index (Phi) is 3.92. The Labute approximate surface area is 140 Å². The highest BCUT2D eigenvalue weighted by Crippen LogP contribution is 2.27. The van der Waals surface area contributed by atoms with Crippen LogP contribution < -0.4 is 5.69 Å². The summed E-state index contributed by atoms with van der Waals surface area (Å²) < 4.78 is 0. The molecule has 0 spiro atoms. The Morgan fingerprint density at radius 2 is 2.04 bits per heavy atom. The molecule has 2 heterocycles. The molecule has 4 rings (SSSR count). The molecule has 1 aliphatic heterocycles. The minimum absolute atomic E-state index is 0.103. The van der Waals surface area contributed by atoms with Crippen molar-refractivity contribution >= 4 is 5.91 Å². The van der Waals surface area contributed by atoms with Crippen LogP contribution in [0.3, 0.4) is 0 Å². The quantitative estimate of drug-likeness (QED) is 0.922. The average Bonchev–Trinajstić information content (AvgIpc) is 3.09. The molecule has 1 saturated heterocycles. The number of nitrogens with zero attached hydrogens (tertiary/aromatic N) is 2. The van der Waals surface area contributed by atoms with Crippen LogP contribution in [0, 0.1) is 0 Å². The number of hydrogen-bond acceptors (Lipinski definition) is 3. The summed E-state index contributed by atoms with van der Waals surface area (Å²) in [5.74, 6) is 0.277. The number of amides is 1. The zero-order valence-electron chi connectivity index (χ0n) is 13.6. The predicted octanol–water partition coefficient (Wildman–Crippen LogP) is 2.28. The topological polar surface area (TPSA) is 66.1 Å². The molecule has 5 nitrogen and oxygen atoms in total. The Hall–Kier alpha value is -2.43. The molecule has 0 unspecified atom stereocenters. The second-order valence-electron chi connectivity index (χ2n) is 6.76. The van der Waals surface area contributed by atoms with Crippen LogP contribution in [0.1, 0.15) is 52.4 Å². The van der Waals surface area contributed by atoms with E-state index in [9.17, 15) is 9.59 Å². The molecule has 2 aromatic rings. The van der Waals surface area contributed by atoms with Gasteiger partial charge in [0, 0.05) is 36.5 Å². The fourth-order valence-electron chi connectivity index (χ4n) is 3.92. The molecule has 1 fully saturated rings. The third kappa shape index (κ3) is 2.86. The van der Waals surface area contributed by atoms with Crippen LogP contribution in [0.25, 0.3) is 0 Å². The van der Waals surface area contributed by atoms with Crippen molar-refractivity contribution in [2.75, 3.05) is 13.1 Å². The molecule has 1 aromatic carbocycles. The van der Waals surface area contributed by atoms with Crippen molar-refractivity contribution in [1.29, 1.82) is 0 Å². The summed E-state index contributed by atoms with van der Waals surface area (Å²) in [6.45, 7) is 1.43. The number of fused-ring (bicyclic) bond motifs is 1. The van der Waals surface area contributed by atoms with Gasteiger partial charge in [-0.15, -0.1) is 0 Å². The van der Waals surface area contributed by atoms with Crippen LogP contribution in [-0.2, 0) is 12.8 Å². The Bertz CT molecular complexity index is 827. The van der Waals surface area contributed by atoms with E-state index in [-0.39, 0.29) is 17.5 Å². The van der Waals surface area contributed by atoms with E-state index < -0.39 is 0 Å². The Morgan fingerprint density at radius 1 is 1.17 bits per heavy atom. The van der Waals surface area contributed by atoms with Crippen molar-refractivity contribution in [1.82, 2.24) is 14.9 Å². The van der Waals surface area contributed by atoms with E-state index in [1.165, 1.54) is 23.7 Å². The van der Waals surface area contributed by atoms with Gasteiger partial charge in [0.1, 0.15) is 0 Å². The number of aromatic nitrogens is 2. The van der Waals surface area contributed by atoms with Gasteiger partial charge in [-0.2, -0.15) is 0 Å². The number of benzene rings is 1. The van der Waals surface area contributed by atoms with Crippen LogP contribution in [0.2, 0.25) is 0 Å². The number of piperidine rings is 1. The van der Waals surface area contributed by atoms with Gasteiger partial charge in [-0.25, -0.2) is 9.78 Å². The van der Waals surface area contributed by atoms with E-state index in [2.05, 4.69) is 22.1 Å². The molecular weight excluding hydrogens is 302 g/mol. The van der Waals surface area contributed by atoms with E-state index >= 15 is 0 Å². The van der Waals surface area contributed by atoms with Crippen LogP contribution >= 0.6 is 0 Å². The third-order valence-corrected chi connectivity index (χ3v) is 5.19. The molecule has 1 N–H and O–H groups in total. The Morgan fingerprint density at radius 3 is 2.92 bits per heavy atom. The van der Waals surface area contributed by atoms with E-state index in [1.807, 2.05) is 17.0 Å². The molecule has 0 bridgehead atoms. The molecule has 2 aliphatic rings. The zero-order chi connectivity index (χ0) is 16.5. The number of carbonyl (C=O) groups excluding carboxylic acids is 1. The van der Waals surface area contributed by atoms with Gasteiger partial charge in [-0.1, -0.05) is 6.07 Å². The number of aromatic amines is 1. The first-order chi connectivity index (χ1) is 11.7. The van der Waals surface area contributed by atoms with Gasteiger partial charge in [0.25, 0.3) is 5.91 Å². The van der Waals surface area contributed by atoms with Crippen molar-refractivity contribution in [3.63, 3.8) is 0 Å². The molecule has 124 valence electrons. The highest BCUT2D eigenvalue weighted by molar-refractivity contribution is 5.94. The predicted molar refractivity (Wildman–Crippen MR) is 91.2 cm³/mol. The zero-order valence-corrected chi connectivity index (χ0v) is 13.6. The van der Waals surface area contributed by atoms with Gasteiger partial charge in [0.05, 0.1) is 0 Å². The summed E-state index contributed by atoms with van der Waals surface area (Å²) in [7, 11) is 0. The van der Waals surface area contributed by atoms with E-state index in [4.69, 9.17) is 0 Å². The largest absolute Gasteiger partial charge is 0.345 e. The summed E-state index contributed by atoms with van der Waals surface area (Å²) in [5, 5.41) is 0. The van der Waals surface area contributed by atoms with Gasteiger partial charge in [-0.05, 0) is 61.4 Å². The van der Waals surface area contributed by atoms with Gasteiger partial charge < -0.3 is 9.88 Å². The van der Waals surface area contributed by atoms with E-state index in [0.29, 0.717) is 6.54 Å². The number of nitrogens with one attached hydrogen (secondary N) is 1. The molecule has 1 aromatic heterocycles. The van der Waals surface area contributed by atoms with E-state index in [1.54, 1.807) is 0 Å². The SMILES string of the molecule is O=C(c1ccc2c(c1)CCC2)N1CCC[C@@H](c2ccnc(=O)[nH]2)C1. The van der Waals surface area contributed by atoms with Crippen molar-refractivity contribution in [3.8, 4) is 0 Å². The second kappa shape index (κ2) is 6.23. The molecule has 1 atom stereocenters. The lowest BCUT2D eigenvalue weighted by Gasteiger charge is -2.32. The van der Waals surface area contributed by atoms with Gasteiger partial charge in [0.15, 0.2) is 0 Å². The smallest absolute Gasteiger partial charge is 0.338 e. The van der Waals surface area contributed by atoms with Crippen LogP contribution in [0.5, 0.6) is 0 Å².